The Labute approximate surface area is 134 Å². The zero-order chi connectivity index (χ0) is 16.6. The number of carboxylic acids is 1. The van der Waals surface area contributed by atoms with E-state index in [0.717, 1.165) is 17.0 Å². The number of anilines is 1. The van der Waals surface area contributed by atoms with Crippen LogP contribution in [-0.2, 0) is 11.3 Å². The maximum absolute atomic E-state index is 12.5. The molecule has 1 atom stereocenters. The Morgan fingerprint density at radius 1 is 1.22 bits per heavy atom. The minimum Gasteiger partial charge on any atom is -0.497 e. The Morgan fingerprint density at radius 3 is 2.52 bits per heavy atom. The average molecular weight is 311 g/mol. The molecule has 2 aromatic carbocycles. The Bertz CT molecular complexity index is 767. The molecule has 0 saturated heterocycles. The lowest BCUT2D eigenvalue weighted by molar-refractivity contribution is -0.138. The molecule has 5 heteroatoms. The van der Waals surface area contributed by atoms with Gasteiger partial charge in [-0.3, -0.25) is 9.59 Å². The summed E-state index contributed by atoms with van der Waals surface area (Å²) in [6, 6.07) is 12.5. The van der Waals surface area contributed by atoms with Gasteiger partial charge in [-0.25, -0.2) is 0 Å². The molecule has 1 aliphatic rings. The van der Waals surface area contributed by atoms with Crippen LogP contribution in [0.3, 0.4) is 0 Å². The Kier molecular flexibility index (Phi) is 3.78. The SMILES string of the molecule is COc1ccc2c(c1)CN(c1ccc(C(C)C(=O)O)cc1)C2=O. The van der Waals surface area contributed by atoms with Crippen LogP contribution in [0.5, 0.6) is 5.75 Å². The van der Waals surface area contributed by atoms with Gasteiger partial charge in [-0.05, 0) is 48.4 Å². The topological polar surface area (TPSA) is 66.8 Å². The number of hydrogen-bond donors (Lipinski definition) is 1. The van der Waals surface area contributed by atoms with Gasteiger partial charge in [-0.2, -0.15) is 0 Å². The van der Waals surface area contributed by atoms with Gasteiger partial charge in [0.1, 0.15) is 5.75 Å². The summed E-state index contributed by atoms with van der Waals surface area (Å²) >= 11 is 0. The van der Waals surface area contributed by atoms with Gasteiger partial charge in [-0.15, -0.1) is 0 Å². The zero-order valence-electron chi connectivity index (χ0n) is 12.9. The van der Waals surface area contributed by atoms with E-state index in [0.29, 0.717) is 17.7 Å². The van der Waals surface area contributed by atoms with E-state index in [2.05, 4.69) is 0 Å². The monoisotopic (exact) mass is 311 g/mol. The lowest BCUT2D eigenvalue weighted by Crippen LogP contribution is -2.23. The number of ether oxygens (including phenoxy) is 1. The van der Waals surface area contributed by atoms with Crippen molar-refractivity contribution < 1.29 is 19.4 Å². The molecule has 1 amide bonds. The summed E-state index contributed by atoms with van der Waals surface area (Å²) in [6.07, 6.45) is 0. The number of carbonyl (C=O) groups is 2. The predicted octanol–water partition coefficient (Wildman–Crippen LogP) is 3.04. The van der Waals surface area contributed by atoms with E-state index in [1.54, 1.807) is 55.3 Å². The molecule has 118 valence electrons. The molecule has 0 aliphatic carbocycles. The number of carboxylic acid groups (broad SMARTS) is 1. The first kappa shape index (κ1) is 15.1. The standard InChI is InChI=1S/C18H17NO4/c1-11(18(21)22)12-3-5-14(6-4-12)19-10-13-9-15(23-2)7-8-16(13)17(19)20/h3-9,11H,10H2,1-2H3,(H,21,22). The molecule has 0 spiro atoms. The van der Waals surface area contributed by atoms with Crippen LogP contribution >= 0.6 is 0 Å². The first-order chi connectivity index (χ1) is 11.0. The normalized spacial score (nSPS) is 14.5. The molecule has 3 rings (SSSR count). The quantitative estimate of drug-likeness (QED) is 0.942. The fourth-order valence-electron chi connectivity index (χ4n) is 2.72. The minimum atomic E-state index is -0.866. The fraction of sp³-hybridized carbons (Fsp3) is 0.222. The summed E-state index contributed by atoms with van der Waals surface area (Å²) in [6.45, 7) is 2.12. The molecule has 1 aliphatic heterocycles. The van der Waals surface area contributed by atoms with E-state index in [-0.39, 0.29) is 5.91 Å². The number of amides is 1. The Morgan fingerprint density at radius 2 is 1.91 bits per heavy atom. The predicted molar refractivity (Wildman–Crippen MR) is 86.0 cm³/mol. The highest BCUT2D eigenvalue weighted by molar-refractivity contribution is 6.10. The van der Waals surface area contributed by atoms with Crippen LogP contribution in [0.2, 0.25) is 0 Å². The molecule has 0 bridgehead atoms. The van der Waals surface area contributed by atoms with Gasteiger partial charge in [-0.1, -0.05) is 12.1 Å². The van der Waals surface area contributed by atoms with E-state index in [1.165, 1.54) is 0 Å². The van der Waals surface area contributed by atoms with E-state index in [4.69, 9.17) is 9.84 Å². The molecule has 0 aromatic heterocycles. The molecule has 2 aromatic rings. The summed E-state index contributed by atoms with van der Waals surface area (Å²) in [4.78, 5) is 25.2. The van der Waals surface area contributed by atoms with Gasteiger partial charge >= 0.3 is 5.97 Å². The second-order valence-corrected chi connectivity index (χ2v) is 5.57. The molecule has 0 radical (unpaired) electrons. The number of hydrogen-bond acceptors (Lipinski definition) is 3. The molecule has 23 heavy (non-hydrogen) atoms. The second-order valence-electron chi connectivity index (χ2n) is 5.57. The van der Waals surface area contributed by atoms with Gasteiger partial charge in [0.05, 0.1) is 19.6 Å². The number of aliphatic carboxylic acids is 1. The number of rotatable bonds is 4. The molecule has 5 nitrogen and oxygen atoms in total. The van der Waals surface area contributed by atoms with Crippen LogP contribution in [0, 0.1) is 0 Å². The van der Waals surface area contributed by atoms with Crippen molar-refractivity contribution in [2.75, 3.05) is 12.0 Å². The molecule has 1 heterocycles. The van der Waals surface area contributed by atoms with E-state index >= 15 is 0 Å². The molecule has 0 saturated carbocycles. The number of fused-ring (bicyclic) bond motifs is 1. The Hall–Kier alpha value is -2.82. The Balaban J connectivity index is 1.86. The van der Waals surface area contributed by atoms with E-state index < -0.39 is 11.9 Å². The molecular weight excluding hydrogens is 294 g/mol. The van der Waals surface area contributed by atoms with Gasteiger partial charge in [0.2, 0.25) is 0 Å². The van der Waals surface area contributed by atoms with Gasteiger partial charge in [0.25, 0.3) is 5.91 Å². The number of methoxy groups -OCH3 is 1. The number of carbonyl (C=O) groups excluding carboxylic acids is 1. The minimum absolute atomic E-state index is 0.0540. The van der Waals surface area contributed by atoms with Crippen LogP contribution in [0.4, 0.5) is 5.69 Å². The number of benzene rings is 2. The molecule has 0 fully saturated rings. The van der Waals surface area contributed by atoms with E-state index in [1.807, 2.05) is 6.07 Å². The summed E-state index contributed by atoms with van der Waals surface area (Å²) in [5.74, 6) is -0.764. The molecular formula is C18H17NO4. The first-order valence-corrected chi connectivity index (χ1v) is 7.33. The van der Waals surface area contributed by atoms with Crippen molar-refractivity contribution in [3.63, 3.8) is 0 Å². The van der Waals surface area contributed by atoms with Crippen LogP contribution in [0.1, 0.15) is 34.3 Å². The third-order valence-corrected chi connectivity index (χ3v) is 4.19. The highest BCUT2D eigenvalue weighted by atomic mass is 16.5. The van der Waals surface area contributed by atoms with Gasteiger partial charge in [0.15, 0.2) is 0 Å². The largest absolute Gasteiger partial charge is 0.497 e. The van der Waals surface area contributed by atoms with Crippen LogP contribution in [-0.4, -0.2) is 24.1 Å². The summed E-state index contributed by atoms with van der Waals surface area (Å²) in [7, 11) is 1.60. The fourth-order valence-corrected chi connectivity index (χ4v) is 2.72. The maximum Gasteiger partial charge on any atom is 0.310 e. The van der Waals surface area contributed by atoms with Crippen LogP contribution in [0.15, 0.2) is 42.5 Å². The lowest BCUT2D eigenvalue weighted by atomic mass is 10.0. The van der Waals surface area contributed by atoms with Crippen molar-refractivity contribution in [2.45, 2.75) is 19.4 Å². The lowest BCUT2D eigenvalue weighted by Gasteiger charge is -2.16. The third kappa shape index (κ3) is 2.65. The summed E-state index contributed by atoms with van der Waals surface area (Å²) < 4.78 is 5.19. The highest BCUT2D eigenvalue weighted by Crippen LogP contribution is 2.31. The maximum atomic E-state index is 12.5. The van der Waals surface area contributed by atoms with Crippen molar-refractivity contribution in [3.8, 4) is 5.75 Å². The van der Waals surface area contributed by atoms with Gasteiger partial charge in [0, 0.05) is 11.3 Å². The zero-order valence-corrected chi connectivity index (χ0v) is 12.9. The van der Waals surface area contributed by atoms with Crippen LogP contribution in [0.25, 0.3) is 0 Å². The smallest absolute Gasteiger partial charge is 0.310 e. The van der Waals surface area contributed by atoms with Crippen molar-refractivity contribution in [1.82, 2.24) is 0 Å². The van der Waals surface area contributed by atoms with E-state index in [9.17, 15) is 9.59 Å². The molecule has 1 unspecified atom stereocenters. The summed E-state index contributed by atoms with van der Waals surface area (Å²) in [5, 5.41) is 9.05. The van der Waals surface area contributed by atoms with Crippen molar-refractivity contribution in [3.05, 3.63) is 59.2 Å². The van der Waals surface area contributed by atoms with Crippen molar-refractivity contribution in [1.29, 1.82) is 0 Å². The van der Waals surface area contributed by atoms with Crippen LogP contribution < -0.4 is 9.64 Å². The average Bonchev–Trinajstić information content (AvgIpc) is 2.90. The third-order valence-electron chi connectivity index (χ3n) is 4.19. The summed E-state index contributed by atoms with van der Waals surface area (Å²) in [5.41, 5.74) is 3.07. The highest BCUT2D eigenvalue weighted by Gasteiger charge is 2.28. The number of nitrogens with zero attached hydrogens (tertiary/aromatic N) is 1. The van der Waals surface area contributed by atoms with Crippen molar-refractivity contribution >= 4 is 17.6 Å². The second kappa shape index (κ2) is 5.76. The van der Waals surface area contributed by atoms with Crippen molar-refractivity contribution in [2.24, 2.45) is 0 Å². The molecule has 1 N–H and O–H groups in total. The van der Waals surface area contributed by atoms with Gasteiger partial charge < -0.3 is 14.7 Å². The first-order valence-electron chi connectivity index (χ1n) is 7.33.